The number of ether oxygens (including phenoxy) is 3. The Morgan fingerprint density at radius 2 is 1.75 bits per heavy atom. The summed E-state index contributed by atoms with van der Waals surface area (Å²) in [6, 6.07) is 4.56. The second-order valence-corrected chi connectivity index (χ2v) is 9.45. The number of hydrogen-bond donors (Lipinski definition) is 0. The molecule has 28 heavy (non-hydrogen) atoms. The lowest BCUT2D eigenvalue weighted by Crippen LogP contribution is -2.50. The van der Waals surface area contributed by atoms with E-state index in [4.69, 9.17) is 14.2 Å². The first-order valence-corrected chi connectivity index (χ1v) is 10.5. The van der Waals surface area contributed by atoms with Gasteiger partial charge in [0.2, 0.25) is 0 Å². The lowest BCUT2D eigenvalue weighted by Gasteiger charge is -2.36. The minimum absolute atomic E-state index is 0.175. The Bertz CT molecular complexity index is 691. The fourth-order valence-electron chi connectivity index (χ4n) is 3.14. The van der Waals surface area contributed by atoms with Gasteiger partial charge < -0.3 is 19.1 Å². The molecular formula is C21H31NO5S. The zero-order valence-electron chi connectivity index (χ0n) is 17.8. The summed E-state index contributed by atoms with van der Waals surface area (Å²) in [5.41, 5.74) is 0.105. The standard InChI is InChI=1S/C21H31NO5S/c1-13(2)11-27-19(24)14-12-28-20(21(3,4)5)22(14)18(23)17-15(25-6)9-8-10-16(17)26-7/h8-10,13-14,20H,11-12H2,1-7H3. The van der Waals surface area contributed by atoms with E-state index in [0.717, 1.165) is 0 Å². The highest BCUT2D eigenvalue weighted by molar-refractivity contribution is 8.00. The molecule has 2 unspecified atom stereocenters. The quantitative estimate of drug-likeness (QED) is 0.665. The van der Waals surface area contributed by atoms with Gasteiger partial charge in [-0.3, -0.25) is 4.79 Å². The van der Waals surface area contributed by atoms with Crippen molar-refractivity contribution in [2.75, 3.05) is 26.6 Å². The molecule has 1 amide bonds. The van der Waals surface area contributed by atoms with Crippen molar-refractivity contribution in [2.24, 2.45) is 11.3 Å². The van der Waals surface area contributed by atoms with Gasteiger partial charge in [-0.2, -0.15) is 0 Å². The Labute approximate surface area is 171 Å². The molecule has 0 aromatic heterocycles. The number of rotatable bonds is 6. The lowest BCUT2D eigenvalue weighted by molar-refractivity contribution is -0.149. The van der Waals surface area contributed by atoms with Crippen LogP contribution in [0.4, 0.5) is 0 Å². The zero-order valence-corrected chi connectivity index (χ0v) is 18.6. The molecule has 0 bridgehead atoms. The molecule has 1 heterocycles. The summed E-state index contributed by atoms with van der Waals surface area (Å²) in [7, 11) is 3.03. The van der Waals surface area contributed by atoms with E-state index in [9.17, 15) is 9.59 Å². The maximum absolute atomic E-state index is 13.7. The second kappa shape index (κ2) is 9.07. The Kier molecular flexibility index (Phi) is 7.26. The van der Waals surface area contributed by atoms with E-state index >= 15 is 0 Å². The van der Waals surface area contributed by atoms with Crippen LogP contribution in [0.5, 0.6) is 11.5 Å². The normalized spacial score (nSPS) is 19.6. The molecule has 2 atom stereocenters. The molecule has 7 heteroatoms. The molecule has 0 radical (unpaired) electrons. The van der Waals surface area contributed by atoms with Crippen LogP contribution in [0.25, 0.3) is 0 Å². The minimum atomic E-state index is -0.643. The fourth-order valence-corrected chi connectivity index (χ4v) is 4.70. The van der Waals surface area contributed by atoms with Crippen LogP contribution < -0.4 is 9.47 Å². The number of carbonyl (C=O) groups excluding carboxylic acids is 2. The molecule has 2 rings (SSSR count). The Balaban J connectivity index is 2.46. The van der Waals surface area contributed by atoms with Crippen LogP contribution in [0.3, 0.4) is 0 Å². The van der Waals surface area contributed by atoms with Crippen molar-refractivity contribution in [3.05, 3.63) is 23.8 Å². The molecule has 0 spiro atoms. The summed E-state index contributed by atoms with van der Waals surface area (Å²) in [4.78, 5) is 28.1. The summed E-state index contributed by atoms with van der Waals surface area (Å²) in [6.07, 6.45) is 0. The van der Waals surface area contributed by atoms with E-state index in [1.165, 1.54) is 14.2 Å². The van der Waals surface area contributed by atoms with Crippen molar-refractivity contribution in [1.29, 1.82) is 0 Å². The molecule has 156 valence electrons. The highest BCUT2D eigenvalue weighted by Crippen LogP contribution is 2.43. The summed E-state index contributed by atoms with van der Waals surface area (Å²) >= 11 is 1.60. The molecule has 0 aliphatic carbocycles. The first-order chi connectivity index (χ1) is 13.1. The van der Waals surface area contributed by atoms with Gasteiger partial charge in [-0.25, -0.2) is 4.79 Å². The van der Waals surface area contributed by atoms with Crippen molar-refractivity contribution in [3.63, 3.8) is 0 Å². The average molecular weight is 410 g/mol. The molecule has 1 aromatic carbocycles. The van der Waals surface area contributed by atoms with E-state index < -0.39 is 6.04 Å². The first-order valence-electron chi connectivity index (χ1n) is 9.43. The maximum Gasteiger partial charge on any atom is 0.329 e. The maximum atomic E-state index is 13.7. The molecule has 1 aromatic rings. The van der Waals surface area contributed by atoms with Crippen LogP contribution in [0.15, 0.2) is 18.2 Å². The number of amides is 1. The van der Waals surface area contributed by atoms with Gasteiger partial charge >= 0.3 is 5.97 Å². The molecule has 1 aliphatic rings. The largest absolute Gasteiger partial charge is 0.496 e. The van der Waals surface area contributed by atoms with Gasteiger partial charge in [0.05, 0.1) is 26.2 Å². The highest BCUT2D eigenvalue weighted by atomic mass is 32.2. The summed E-state index contributed by atoms with van der Waals surface area (Å²) in [5.74, 6) is 0.921. The predicted octanol–water partition coefficient (Wildman–Crippen LogP) is 3.83. The van der Waals surface area contributed by atoms with Crippen LogP contribution in [0, 0.1) is 11.3 Å². The third kappa shape index (κ3) is 4.74. The smallest absolute Gasteiger partial charge is 0.329 e. The SMILES string of the molecule is COc1cccc(OC)c1C(=O)N1C(C(=O)OCC(C)C)CSC1C(C)(C)C. The Hall–Kier alpha value is -1.89. The lowest BCUT2D eigenvalue weighted by atomic mass is 9.94. The van der Waals surface area contributed by atoms with Crippen LogP contribution >= 0.6 is 11.8 Å². The monoisotopic (exact) mass is 409 g/mol. The van der Waals surface area contributed by atoms with Crippen molar-refractivity contribution in [1.82, 2.24) is 4.90 Å². The van der Waals surface area contributed by atoms with Crippen molar-refractivity contribution < 1.29 is 23.8 Å². The minimum Gasteiger partial charge on any atom is -0.496 e. The van der Waals surface area contributed by atoms with Crippen molar-refractivity contribution >= 4 is 23.6 Å². The number of nitrogens with zero attached hydrogens (tertiary/aromatic N) is 1. The van der Waals surface area contributed by atoms with Crippen LogP contribution in [-0.4, -0.2) is 54.8 Å². The van der Waals surface area contributed by atoms with Gasteiger partial charge in [-0.1, -0.05) is 40.7 Å². The number of hydrogen-bond acceptors (Lipinski definition) is 6. The van der Waals surface area contributed by atoms with Crippen LogP contribution in [-0.2, 0) is 9.53 Å². The van der Waals surface area contributed by atoms with Crippen LogP contribution in [0.1, 0.15) is 45.0 Å². The average Bonchev–Trinajstić information content (AvgIpc) is 3.10. The van der Waals surface area contributed by atoms with Crippen molar-refractivity contribution in [2.45, 2.75) is 46.0 Å². The number of carbonyl (C=O) groups is 2. The number of thioether (sulfide) groups is 1. The zero-order chi connectivity index (χ0) is 21.1. The number of methoxy groups -OCH3 is 2. The van der Waals surface area contributed by atoms with E-state index in [0.29, 0.717) is 29.4 Å². The van der Waals surface area contributed by atoms with E-state index in [1.807, 2.05) is 13.8 Å². The molecule has 6 nitrogen and oxygen atoms in total. The number of benzene rings is 1. The summed E-state index contributed by atoms with van der Waals surface area (Å²) < 4.78 is 16.3. The van der Waals surface area contributed by atoms with Crippen molar-refractivity contribution in [3.8, 4) is 11.5 Å². The molecule has 1 saturated heterocycles. The number of esters is 1. The molecule has 0 N–H and O–H groups in total. The Morgan fingerprint density at radius 3 is 2.21 bits per heavy atom. The van der Waals surface area contributed by atoms with E-state index in [2.05, 4.69) is 20.8 Å². The molecular weight excluding hydrogens is 378 g/mol. The summed E-state index contributed by atoms with van der Waals surface area (Å²) in [5, 5.41) is -0.175. The van der Waals surface area contributed by atoms with E-state index in [1.54, 1.807) is 34.9 Å². The van der Waals surface area contributed by atoms with E-state index in [-0.39, 0.29) is 28.6 Å². The molecule has 1 aliphatic heterocycles. The fraction of sp³-hybridized carbons (Fsp3) is 0.619. The molecule has 1 fully saturated rings. The van der Waals surface area contributed by atoms with Gasteiger partial charge in [0.25, 0.3) is 5.91 Å². The van der Waals surface area contributed by atoms with Gasteiger partial charge in [0.1, 0.15) is 23.1 Å². The summed E-state index contributed by atoms with van der Waals surface area (Å²) in [6.45, 7) is 10.5. The topological polar surface area (TPSA) is 65.1 Å². The second-order valence-electron chi connectivity index (χ2n) is 8.34. The third-order valence-electron chi connectivity index (χ3n) is 4.45. The third-order valence-corrected chi connectivity index (χ3v) is 6.21. The molecule has 0 saturated carbocycles. The highest BCUT2D eigenvalue weighted by Gasteiger charge is 2.48. The van der Waals surface area contributed by atoms with Crippen LogP contribution in [0.2, 0.25) is 0 Å². The van der Waals surface area contributed by atoms with Gasteiger partial charge in [-0.15, -0.1) is 11.8 Å². The van der Waals surface area contributed by atoms with Gasteiger partial charge in [0.15, 0.2) is 0 Å². The Morgan fingerprint density at radius 1 is 1.18 bits per heavy atom. The van der Waals surface area contributed by atoms with Gasteiger partial charge in [0, 0.05) is 5.75 Å². The van der Waals surface area contributed by atoms with Gasteiger partial charge in [-0.05, 0) is 23.5 Å². The first kappa shape index (κ1) is 22.4. The predicted molar refractivity (Wildman–Crippen MR) is 111 cm³/mol.